The second kappa shape index (κ2) is 12.7. The number of amides is 1. The number of azide groups is 1. The van der Waals surface area contributed by atoms with Crippen molar-refractivity contribution in [2.45, 2.75) is 43.7 Å². The average Bonchev–Trinajstić information content (AvgIpc) is 3.39. The molecule has 9 heteroatoms. The lowest BCUT2D eigenvalue weighted by Crippen LogP contribution is -2.53. The SMILES string of the molecule is [N-]=[N+]=Nc1ccccc1C[C@]1(C(=O)N2CCCCC2)N=C(c2ccc(OCCCO)cc2)O[C@H]1c1ccccc1. The third-order valence-electron chi connectivity index (χ3n) is 7.36. The predicted octanol–water partition coefficient (Wildman–Crippen LogP) is 5.90. The molecule has 9 nitrogen and oxygen atoms in total. The molecule has 3 aromatic carbocycles. The van der Waals surface area contributed by atoms with Gasteiger partial charge < -0.3 is 19.5 Å². The molecule has 0 bridgehead atoms. The third kappa shape index (κ3) is 5.81. The van der Waals surface area contributed by atoms with Gasteiger partial charge in [-0.05, 0) is 60.2 Å². The van der Waals surface area contributed by atoms with Crippen LogP contribution in [0.1, 0.15) is 48.5 Å². The fourth-order valence-corrected chi connectivity index (χ4v) is 5.36. The highest BCUT2D eigenvalue weighted by atomic mass is 16.5. The van der Waals surface area contributed by atoms with E-state index in [0.717, 1.165) is 36.0 Å². The van der Waals surface area contributed by atoms with Crippen molar-refractivity contribution < 1.29 is 19.4 Å². The predicted molar refractivity (Wildman–Crippen MR) is 153 cm³/mol. The summed E-state index contributed by atoms with van der Waals surface area (Å²) >= 11 is 0. The van der Waals surface area contributed by atoms with Gasteiger partial charge in [-0.2, -0.15) is 0 Å². The number of piperidine rings is 1. The molecule has 1 fully saturated rings. The van der Waals surface area contributed by atoms with Crippen molar-refractivity contribution in [2.24, 2.45) is 10.1 Å². The van der Waals surface area contributed by atoms with Crippen LogP contribution in [0.2, 0.25) is 0 Å². The Bertz CT molecular complexity index is 1380. The maximum absolute atomic E-state index is 14.6. The van der Waals surface area contributed by atoms with Crippen LogP contribution in [-0.2, 0) is 16.0 Å². The first-order valence-electron chi connectivity index (χ1n) is 13.7. The Kier molecular flexibility index (Phi) is 8.64. The lowest BCUT2D eigenvalue weighted by molar-refractivity contribution is -0.140. The van der Waals surface area contributed by atoms with Gasteiger partial charge in [0.15, 0.2) is 11.6 Å². The lowest BCUT2D eigenvalue weighted by atomic mass is 9.81. The van der Waals surface area contributed by atoms with Gasteiger partial charge in [0.05, 0.1) is 6.61 Å². The van der Waals surface area contributed by atoms with E-state index in [1.807, 2.05) is 77.7 Å². The maximum Gasteiger partial charge on any atom is 0.255 e. The number of carbonyl (C=O) groups is 1. The number of aliphatic hydroxyl groups is 1. The number of nitrogens with zero attached hydrogens (tertiary/aromatic N) is 5. The van der Waals surface area contributed by atoms with Crippen LogP contribution in [0.3, 0.4) is 0 Å². The summed E-state index contributed by atoms with van der Waals surface area (Å²) < 4.78 is 12.3. The molecule has 2 aliphatic heterocycles. The summed E-state index contributed by atoms with van der Waals surface area (Å²) in [7, 11) is 0. The van der Waals surface area contributed by atoms with Crippen LogP contribution < -0.4 is 4.74 Å². The molecular weight excluding hydrogens is 506 g/mol. The molecule has 3 aromatic rings. The number of likely N-dealkylation sites (tertiary alicyclic amines) is 1. The Labute approximate surface area is 233 Å². The van der Waals surface area contributed by atoms with Crippen molar-refractivity contribution in [3.63, 3.8) is 0 Å². The molecule has 0 spiro atoms. The summed E-state index contributed by atoms with van der Waals surface area (Å²) in [6, 6.07) is 24.4. The van der Waals surface area contributed by atoms with E-state index in [1.165, 1.54) is 0 Å². The van der Waals surface area contributed by atoms with E-state index < -0.39 is 11.6 Å². The lowest BCUT2D eigenvalue weighted by Gasteiger charge is -2.37. The number of aliphatic imine (C=N–C) groups is 1. The summed E-state index contributed by atoms with van der Waals surface area (Å²) in [4.78, 5) is 24.6. The minimum absolute atomic E-state index is 0.0690. The fraction of sp³-hybridized carbons (Fsp3) is 0.355. The minimum Gasteiger partial charge on any atom is -0.494 e. The van der Waals surface area contributed by atoms with Crippen molar-refractivity contribution in [1.82, 2.24) is 4.90 Å². The summed E-state index contributed by atoms with van der Waals surface area (Å²) in [5, 5.41) is 12.9. The van der Waals surface area contributed by atoms with Crippen LogP contribution in [0.5, 0.6) is 5.75 Å². The monoisotopic (exact) mass is 539 g/mol. The fourth-order valence-electron chi connectivity index (χ4n) is 5.36. The van der Waals surface area contributed by atoms with Crippen LogP contribution in [0, 0.1) is 0 Å². The average molecular weight is 540 g/mol. The molecule has 5 rings (SSSR count). The number of aliphatic hydroxyl groups excluding tert-OH is 1. The first-order valence-corrected chi connectivity index (χ1v) is 13.7. The molecule has 206 valence electrons. The third-order valence-corrected chi connectivity index (χ3v) is 7.36. The van der Waals surface area contributed by atoms with E-state index in [9.17, 15) is 10.3 Å². The summed E-state index contributed by atoms with van der Waals surface area (Å²) in [6.07, 6.45) is 3.07. The van der Waals surface area contributed by atoms with Gasteiger partial charge >= 0.3 is 0 Å². The Balaban J connectivity index is 1.61. The van der Waals surface area contributed by atoms with Crippen LogP contribution in [0.15, 0.2) is 89.0 Å². The van der Waals surface area contributed by atoms with E-state index >= 15 is 0 Å². The number of hydrogen-bond acceptors (Lipinski definition) is 6. The first-order chi connectivity index (χ1) is 19.6. The standard InChI is InChI=1S/C31H33N5O4/c32-35-34-27-13-6-5-12-25(27)22-31(30(38)36-18-7-2-8-19-36)28(23-10-3-1-4-11-23)40-29(33-31)24-14-16-26(17-15-24)39-21-9-20-37/h1,3-6,10-17,28,37H,2,7-9,18-22H2/t28-,31-/m0/s1. The zero-order valence-electron chi connectivity index (χ0n) is 22.4. The molecule has 40 heavy (non-hydrogen) atoms. The smallest absolute Gasteiger partial charge is 0.255 e. The second-order valence-corrected chi connectivity index (χ2v) is 10.0. The molecule has 2 heterocycles. The molecule has 1 amide bonds. The van der Waals surface area contributed by atoms with E-state index in [-0.39, 0.29) is 18.9 Å². The summed E-state index contributed by atoms with van der Waals surface area (Å²) in [5.41, 5.74) is 10.7. The quantitative estimate of drug-likeness (QED) is 0.149. The van der Waals surface area contributed by atoms with Crippen molar-refractivity contribution in [2.75, 3.05) is 26.3 Å². The maximum atomic E-state index is 14.6. The number of ether oxygens (including phenoxy) is 2. The van der Waals surface area contributed by atoms with Gasteiger partial charge in [0.1, 0.15) is 5.75 Å². The van der Waals surface area contributed by atoms with Gasteiger partial charge in [-0.15, -0.1) is 0 Å². The molecule has 2 aliphatic rings. The van der Waals surface area contributed by atoms with Crippen LogP contribution >= 0.6 is 0 Å². The molecule has 1 N–H and O–H groups in total. The molecule has 0 aromatic heterocycles. The van der Waals surface area contributed by atoms with Crippen molar-refractivity contribution in [1.29, 1.82) is 0 Å². The van der Waals surface area contributed by atoms with E-state index in [2.05, 4.69) is 10.0 Å². The first kappa shape index (κ1) is 27.2. The largest absolute Gasteiger partial charge is 0.494 e. The van der Waals surface area contributed by atoms with Gasteiger partial charge in [0.2, 0.25) is 5.90 Å². The Morgan fingerprint density at radius 2 is 1.77 bits per heavy atom. The zero-order chi connectivity index (χ0) is 27.8. The molecule has 0 saturated carbocycles. The normalized spacial score (nSPS) is 20.3. The zero-order valence-corrected chi connectivity index (χ0v) is 22.4. The van der Waals surface area contributed by atoms with Crippen LogP contribution in [0.4, 0.5) is 5.69 Å². The van der Waals surface area contributed by atoms with E-state index in [4.69, 9.17) is 19.6 Å². The molecule has 2 atom stereocenters. The minimum atomic E-state index is -1.30. The molecule has 0 radical (unpaired) electrons. The van der Waals surface area contributed by atoms with Crippen molar-refractivity contribution >= 4 is 17.5 Å². The highest BCUT2D eigenvalue weighted by Gasteiger charge is 2.55. The molecular formula is C31H33N5O4. The number of rotatable bonds is 10. The number of hydrogen-bond donors (Lipinski definition) is 1. The number of benzene rings is 3. The Hall–Kier alpha value is -4.33. The van der Waals surface area contributed by atoms with Gasteiger partial charge in [0, 0.05) is 48.7 Å². The Morgan fingerprint density at radius 3 is 2.50 bits per heavy atom. The van der Waals surface area contributed by atoms with Gasteiger partial charge in [-0.1, -0.05) is 59.7 Å². The molecule has 0 aliphatic carbocycles. The highest BCUT2D eigenvalue weighted by molar-refractivity contribution is 6.01. The summed E-state index contributed by atoms with van der Waals surface area (Å²) in [5.74, 6) is 0.965. The van der Waals surface area contributed by atoms with Gasteiger partial charge in [0.25, 0.3) is 5.91 Å². The van der Waals surface area contributed by atoms with Crippen molar-refractivity contribution in [3.8, 4) is 5.75 Å². The van der Waals surface area contributed by atoms with Crippen LogP contribution in [-0.4, -0.2) is 53.7 Å². The van der Waals surface area contributed by atoms with Gasteiger partial charge in [-0.3, -0.25) is 4.79 Å². The molecule has 1 saturated heterocycles. The van der Waals surface area contributed by atoms with Crippen LogP contribution in [0.25, 0.3) is 10.4 Å². The van der Waals surface area contributed by atoms with Crippen molar-refractivity contribution in [3.05, 3.63) is 106 Å². The number of carbonyl (C=O) groups excluding carboxylic acids is 1. The van der Waals surface area contributed by atoms with E-state index in [1.54, 1.807) is 6.07 Å². The topological polar surface area (TPSA) is 120 Å². The van der Waals surface area contributed by atoms with E-state index in [0.29, 0.717) is 43.5 Å². The highest BCUT2D eigenvalue weighted by Crippen LogP contribution is 2.45. The summed E-state index contributed by atoms with van der Waals surface area (Å²) in [6.45, 7) is 1.83. The molecule has 0 unspecified atom stereocenters. The van der Waals surface area contributed by atoms with Gasteiger partial charge in [-0.25, -0.2) is 4.99 Å². The Morgan fingerprint density at radius 1 is 1.05 bits per heavy atom. The second-order valence-electron chi connectivity index (χ2n) is 10.0.